The van der Waals surface area contributed by atoms with E-state index in [4.69, 9.17) is 4.52 Å². The summed E-state index contributed by atoms with van der Waals surface area (Å²) in [6, 6.07) is 9.42. The predicted molar refractivity (Wildman–Crippen MR) is 139 cm³/mol. The average Bonchev–Trinajstić information content (AvgIpc) is 3.32. The van der Waals surface area contributed by atoms with Gasteiger partial charge in [0, 0.05) is 12.1 Å². The number of aromatic nitrogens is 2. The molecule has 0 aliphatic heterocycles. The lowest BCUT2D eigenvalue weighted by Gasteiger charge is -2.30. The van der Waals surface area contributed by atoms with Crippen molar-refractivity contribution < 1.29 is 32.0 Å². The third kappa shape index (κ3) is 7.34. The SMILES string of the molecule is Cc1ccccc1CC(=O)Nc1cc(NC(=O)[N-]c2c[n+]([C@@H]3CCCC[C@@H]3N(C)C)no2)cc(C(F)(F)F)c1. The molecule has 2 aromatic carbocycles. The molecule has 1 saturated carbocycles. The summed E-state index contributed by atoms with van der Waals surface area (Å²) in [5.41, 5.74) is 0.320. The Hall–Kier alpha value is -3.93. The number of likely N-dealkylation sites (N-methyl/N-ethyl adjacent to an activating group) is 1. The number of hydrogen-bond acceptors (Lipinski definition) is 5. The maximum absolute atomic E-state index is 13.6. The van der Waals surface area contributed by atoms with E-state index in [9.17, 15) is 22.8 Å². The predicted octanol–water partition coefficient (Wildman–Crippen LogP) is 5.75. The highest BCUT2D eigenvalue weighted by atomic mass is 19.4. The lowest BCUT2D eigenvalue weighted by molar-refractivity contribution is -0.790. The van der Waals surface area contributed by atoms with Crippen molar-refractivity contribution in [3.63, 3.8) is 0 Å². The van der Waals surface area contributed by atoms with Crippen molar-refractivity contribution in [1.29, 1.82) is 0 Å². The molecule has 2 atom stereocenters. The molecular weight excluding hydrogens is 513 g/mol. The second kappa shape index (κ2) is 11.9. The zero-order chi connectivity index (χ0) is 28.2. The Morgan fingerprint density at radius 2 is 1.79 bits per heavy atom. The van der Waals surface area contributed by atoms with Crippen LogP contribution in [-0.2, 0) is 17.4 Å². The fourth-order valence-corrected chi connectivity index (χ4v) is 4.83. The van der Waals surface area contributed by atoms with E-state index in [1.807, 2.05) is 33.2 Å². The lowest BCUT2D eigenvalue weighted by atomic mass is 9.90. The number of carbonyl (C=O) groups excluding carboxylic acids is 2. The van der Waals surface area contributed by atoms with E-state index < -0.39 is 23.7 Å². The molecule has 1 heterocycles. The Bertz CT molecular complexity index is 1320. The summed E-state index contributed by atoms with van der Waals surface area (Å²) in [5.74, 6) is -0.565. The number of anilines is 2. The van der Waals surface area contributed by atoms with Crippen LogP contribution in [0.4, 0.5) is 35.2 Å². The summed E-state index contributed by atoms with van der Waals surface area (Å²) < 4.78 is 47.5. The van der Waals surface area contributed by atoms with Gasteiger partial charge in [-0.15, -0.1) is 0 Å². The molecule has 0 spiro atoms. The number of aryl methyl sites for hydroxylation is 1. The first-order valence-corrected chi connectivity index (χ1v) is 12.6. The van der Waals surface area contributed by atoms with Gasteiger partial charge in [-0.25, -0.2) is 0 Å². The highest BCUT2D eigenvalue weighted by molar-refractivity contribution is 6.04. The minimum atomic E-state index is -4.70. The Kier molecular flexibility index (Phi) is 8.54. The molecule has 4 rings (SSSR count). The Balaban J connectivity index is 1.45. The van der Waals surface area contributed by atoms with Gasteiger partial charge in [-0.3, -0.25) is 9.59 Å². The standard InChI is InChI=1S/C27H31F3N6O3/c1-17-8-4-5-9-18(17)12-24(37)31-20-13-19(27(28,29)30)14-21(15-20)32-26(38)33-25-16-36(34-39-25)23-11-7-6-10-22(23)35(2)3/h4-5,8-9,13-16,22-23H,6-7,10-12H2,1-3H3,(H2-,31,32,33,34,37,38)/t22-,23+/m0/s1. The number of nitrogens with one attached hydrogen (secondary N) is 2. The van der Waals surface area contributed by atoms with Gasteiger partial charge in [0.25, 0.3) is 0 Å². The monoisotopic (exact) mass is 544 g/mol. The molecule has 3 aromatic rings. The molecule has 1 aromatic heterocycles. The summed E-state index contributed by atoms with van der Waals surface area (Å²) in [5, 5.41) is 12.6. The summed E-state index contributed by atoms with van der Waals surface area (Å²) in [7, 11) is 3.99. The van der Waals surface area contributed by atoms with Crippen molar-refractivity contribution in [2.45, 2.75) is 57.3 Å². The van der Waals surface area contributed by atoms with Crippen molar-refractivity contribution in [1.82, 2.24) is 10.2 Å². The van der Waals surface area contributed by atoms with Crippen LogP contribution in [0.5, 0.6) is 0 Å². The number of hydrogen-bond donors (Lipinski definition) is 2. The van der Waals surface area contributed by atoms with Crippen molar-refractivity contribution in [3.8, 4) is 0 Å². The first kappa shape index (κ1) is 28.1. The van der Waals surface area contributed by atoms with Crippen LogP contribution in [0.25, 0.3) is 5.32 Å². The minimum absolute atomic E-state index is 0.0128. The number of urea groups is 1. The molecule has 208 valence electrons. The van der Waals surface area contributed by atoms with Gasteiger partial charge < -0.3 is 25.4 Å². The number of nitrogens with zero attached hydrogens (tertiary/aromatic N) is 4. The van der Waals surface area contributed by atoms with Crippen LogP contribution in [-0.4, -0.2) is 42.2 Å². The average molecular weight is 545 g/mol. The zero-order valence-electron chi connectivity index (χ0n) is 22.0. The molecule has 2 N–H and O–H groups in total. The van der Waals surface area contributed by atoms with Crippen LogP contribution in [0, 0.1) is 6.92 Å². The fraction of sp³-hybridized carbons (Fsp3) is 0.407. The van der Waals surface area contributed by atoms with Crippen LogP contribution in [0.1, 0.15) is 48.4 Å². The van der Waals surface area contributed by atoms with Crippen molar-refractivity contribution in [3.05, 3.63) is 70.7 Å². The van der Waals surface area contributed by atoms with Gasteiger partial charge in [0.2, 0.25) is 24.0 Å². The number of alkyl halides is 3. The highest BCUT2D eigenvalue weighted by Crippen LogP contribution is 2.34. The summed E-state index contributed by atoms with van der Waals surface area (Å²) >= 11 is 0. The van der Waals surface area contributed by atoms with E-state index in [0.717, 1.165) is 48.9 Å². The Morgan fingerprint density at radius 1 is 1.10 bits per heavy atom. The maximum Gasteiger partial charge on any atom is 0.416 e. The molecule has 3 amide bonds. The molecule has 0 saturated heterocycles. The first-order valence-electron chi connectivity index (χ1n) is 12.6. The minimum Gasteiger partial charge on any atom is -0.424 e. The van der Waals surface area contributed by atoms with E-state index in [2.05, 4.69) is 26.1 Å². The molecular formula is C27H31F3N6O3. The topological polar surface area (TPSA) is 105 Å². The van der Waals surface area contributed by atoms with E-state index in [-0.39, 0.29) is 35.8 Å². The smallest absolute Gasteiger partial charge is 0.416 e. The molecule has 9 nitrogen and oxygen atoms in total. The zero-order valence-corrected chi connectivity index (χ0v) is 22.0. The van der Waals surface area contributed by atoms with E-state index in [1.54, 1.807) is 16.8 Å². The second-order valence-corrected chi connectivity index (χ2v) is 9.89. The van der Waals surface area contributed by atoms with E-state index >= 15 is 0 Å². The summed E-state index contributed by atoms with van der Waals surface area (Å²) in [6.45, 7) is 1.84. The Labute approximate surface area is 224 Å². The third-order valence-electron chi connectivity index (χ3n) is 6.79. The Morgan fingerprint density at radius 3 is 2.49 bits per heavy atom. The van der Waals surface area contributed by atoms with Crippen molar-refractivity contribution in [2.75, 3.05) is 24.7 Å². The number of halogens is 3. The van der Waals surface area contributed by atoms with Gasteiger partial charge in [-0.05, 0) is 73.6 Å². The van der Waals surface area contributed by atoms with E-state index in [1.165, 1.54) is 12.3 Å². The van der Waals surface area contributed by atoms with Crippen LogP contribution < -0.4 is 15.3 Å². The van der Waals surface area contributed by atoms with Crippen LogP contribution in [0.15, 0.2) is 53.2 Å². The molecule has 1 aliphatic rings. The van der Waals surface area contributed by atoms with Crippen LogP contribution in [0.2, 0.25) is 0 Å². The molecule has 39 heavy (non-hydrogen) atoms. The maximum atomic E-state index is 13.6. The summed E-state index contributed by atoms with van der Waals surface area (Å²) in [4.78, 5) is 27.2. The number of benzene rings is 2. The molecule has 0 bridgehead atoms. The fourth-order valence-electron chi connectivity index (χ4n) is 4.83. The third-order valence-corrected chi connectivity index (χ3v) is 6.79. The number of carbonyl (C=O) groups is 2. The second-order valence-electron chi connectivity index (χ2n) is 9.89. The normalized spacial score (nSPS) is 17.6. The lowest BCUT2D eigenvalue weighted by Crippen LogP contribution is -2.52. The van der Waals surface area contributed by atoms with Crippen molar-refractivity contribution >= 4 is 29.2 Å². The largest absolute Gasteiger partial charge is 0.424 e. The van der Waals surface area contributed by atoms with Gasteiger partial charge in [0.1, 0.15) is 0 Å². The quantitative estimate of drug-likeness (QED) is 0.369. The molecule has 0 radical (unpaired) electrons. The highest BCUT2D eigenvalue weighted by Gasteiger charge is 2.36. The summed E-state index contributed by atoms with van der Waals surface area (Å²) in [6.07, 6.45) is 0.853. The molecule has 0 unspecified atom stereocenters. The number of amides is 3. The van der Waals surface area contributed by atoms with Crippen LogP contribution in [0.3, 0.4) is 0 Å². The van der Waals surface area contributed by atoms with Gasteiger partial charge in [0.05, 0.1) is 18.0 Å². The van der Waals surface area contributed by atoms with Crippen LogP contribution >= 0.6 is 0 Å². The molecule has 12 heteroatoms. The molecule has 1 fully saturated rings. The van der Waals surface area contributed by atoms with Crippen molar-refractivity contribution in [2.24, 2.45) is 0 Å². The van der Waals surface area contributed by atoms with E-state index in [0.29, 0.717) is 0 Å². The van der Waals surface area contributed by atoms with Gasteiger partial charge in [0.15, 0.2) is 11.3 Å². The van der Waals surface area contributed by atoms with Gasteiger partial charge >= 0.3 is 6.18 Å². The van der Waals surface area contributed by atoms with Gasteiger partial charge in [-0.2, -0.15) is 13.2 Å². The van der Waals surface area contributed by atoms with Gasteiger partial charge in [-0.1, -0.05) is 30.7 Å². The first-order chi connectivity index (χ1) is 18.5. The molecule has 1 aliphatic carbocycles. The number of rotatable bonds is 7.